The molecule has 0 unspecified atom stereocenters. The van der Waals surface area contributed by atoms with E-state index >= 15 is 0 Å². The normalized spacial score (nSPS) is 13.7. The van der Waals surface area contributed by atoms with Gasteiger partial charge < -0.3 is 10.0 Å². The van der Waals surface area contributed by atoms with Crippen molar-refractivity contribution in [2.45, 2.75) is 39.0 Å². The number of aromatic nitrogens is 2. The van der Waals surface area contributed by atoms with Crippen LogP contribution in [0, 0.1) is 0 Å². The predicted octanol–water partition coefficient (Wildman–Crippen LogP) is 1.13. The molecule has 0 bridgehead atoms. The van der Waals surface area contributed by atoms with Gasteiger partial charge in [-0.25, -0.2) is 0 Å². The molecule has 18 heavy (non-hydrogen) atoms. The van der Waals surface area contributed by atoms with Gasteiger partial charge in [-0.05, 0) is 25.7 Å². The first kappa shape index (κ1) is 13.1. The maximum atomic E-state index is 12.4. The van der Waals surface area contributed by atoms with Crippen LogP contribution in [0.3, 0.4) is 0 Å². The van der Waals surface area contributed by atoms with Crippen molar-refractivity contribution in [2.24, 2.45) is 0 Å². The average Bonchev–Trinajstić information content (AvgIpc) is 2.95. The number of aliphatic hydroxyl groups excluding tert-OH is 1. The maximum Gasteiger partial charge on any atom is 0.274 e. The third-order valence-corrected chi connectivity index (χ3v) is 3.45. The van der Waals surface area contributed by atoms with Gasteiger partial charge in [0, 0.05) is 24.3 Å². The van der Waals surface area contributed by atoms with E-state index in [2.05, 4.69) is 17.1 Å². The first-order valence-electron chi connectivity index (χ1n) is 6.74. The van der Waals surface area contributed by atoms with Gasteiger partial charge in [0.2, 0.25) is 0 Å². The summed E-state index contributed by atoms with van der Waals surface area (Å²) in [5.74, 6) is -0.0445. The predicted molar refractivity (Wildman–Crippen MR) is 68.5 cm³/mol. The van der Waals surface area contributed by atoms with Crippen LogP contribution >= 0.6 is 0 Å². The van der Waals surface area contributed by atoms with E-state index in [9.17, 15) is 4.79 Å². The number of unbranched alkanes of at least 4 members (excludes halogenated alkanes) is 1. The Morgan fingerprint density at radius 2 is 2.28 bits per heavy atom. The lowest BCUT2D eigenvalue weighted by Gasteiger charge is -2.20. The molecule has 1 heterocycles. The molecule has 0 aliphatic heterocycles. The van der Waals surface area contributed by atoms with Crippen molar-refractivity contribution in [3.63, 3.8) is 0 Å². The smallest absolute Gasteiger partial charge is 0.274 e. The molecule has 1 aliphatic carbocycles. The average molecular weight is 251 g/mol. The zero-order chi connectivity index (χ0) is 13.0. The number of carbonyl (C=O) groups excluding carboxylic acids is 1. The molecule has 1 aromatic heterocycles. The van der Waals surface area contributed by atoms with Gasteiger partial charge in [-0.2, -0.15) is 5.10 Å². The largest absolute Gasteiger partial charge is 0.395 e. The maximum absolute atomic E-state index is 12.4. The SMILES string of the molecule is CCCCN(CCO)C(=O)c1n[nH]c2c1CCC2. The lowest BCUT2D eigenvalue weighted by molar-refractivity contribution is 0.0712. The highest BCUT2D eigenvalue weighted by atomic mass is 16.3. The third kappa shape index (κ3) is 2.56. The summed E-state index contributed by atoms with van der Waals surface area (Å²) < 4.78 is 0. The first-order valence-corrected chi connectivity index (χ1v) is 6.74. The number of hydrogen-bond acceptors (Lipinski definition) is 3. The van der Waals surface area contributed by atoms with E-state index in [1.54, 1.807) is 4.90 Å². The van der Waals surface area contributed by atoms with Gasteiger partial charge in [0.05, 0.1) is 6.61 Å². The molecule has 1 aromatic rings. The number of hydrogen-bond donors (Lipinski definition) is 2. The number of aryl methyl sites for hydroxylation is 1. The molecule has 0 radical (unpaired) electrons. The van der Waals surface area contributed by atoms with Gasteiger partial charge in [-0.15, -0.1) is 0 Å². The molecule has 100 valence electrons. The van der Waals surface area contributed by atoms with Crippen molar-refractivity contribution in [1.29, 1.82) is 0 Å². The highest BCUT2D eigenvalue weighted by Crippen LogP contribution is 2.23. The summed E-state index contributed by atoms with van der Waals surface area (Å²) in [6.45, 7) is 3.17. The lowest BCUT2D eigenvalue weighted by atomic mass is 10.1. The molecule has 0 saturated carbocycles. The Balaban J connectivity index is 2.11. The molecule has 1 amide bonds. The first-order chi connectivity index (χ1) is 8.77. The van der Waals surface area contributed by atoms with E-state index in [1.807, 2.05) is 0 Å². The van der Waals surface area contributed by atoms with Crippen LogP contribution in [-0.2, 0) is 12.8 Å². The number of aromatic amines is 1. The van der Waals surface area contributed by atoms with Crippen molar-refractivity contribution in [3.05, 3.63) is 17.0 Å². The van der Waals surface area contributed by atoms with Crippen LogP contribution in [0.2, 0.25) is 0 Å². The van der Waals surface area contributed by atoms with Crippen LogP contribution in [0.25, 0.3) is 0 Å². The fourth-order valence-corrected chi connectivity index (χ4v) is 2.43. The number of rotatable bonds is 6. The van der Waals surface area contributed by atoms with E-state index < -0.39 is 0 Å². The van der Waals surface area contributed by atoms with Crippen molar-refractivity contribution in [2.75, 3.05) is 19.7 Å². The highest BCUT2D eigenvalue weighted by molar-refractivity contribution is 5.94. The molecule has 0 atom stereocenters. The topological polar surface area (TPSA) is 69.2 Å². The summed E-state index contributed by atoms with van der Waals surface area (Å²) in [7, 11) is 0. The van der Waals surface area contributed by atoms with Gasteiger partial charge in [0.25, 0.3) is 5.91 Å². The highest BCUT2D eigenvalue weighted by Gasteiger charge is 2.26. The molecular weight excluding hydrogens is 230 g/mol. The molecule has 5 nitrogen and oxygen atoms in total. The van der Waals surface area contributed by atoms with Crippen LogP contribution in [-0.4, -0.2) is 45.8 Å². The quantitative estimate of drug-likeness (QED) is 0.796. The zero-order valence-corrected chi connectivity index (χ0v) is 10.9. The molecule has 1 aliphatic rings. The Hall–Kier alpha value is -1.36. The van der Waals surface area contributed by atoms with Gasteiger partial charge in [0.15, 0.2) is 5.69 Å². The van der Waals surface area contributed by atoms with Crippen LogP contribution in [0.15, 0.2) is 0 Å². The van der Waals surface area contributed by atoms with Gasteiger partial charge in [0.1, 0.15) is 0 Å². The number of nitrogens with zero attached hydrogens (tertiary/aromatic N) is 2. The molecule has 2 N–H and O–H groups in total. The summed E-state index contributed by atoms with van der Waals surface area (Å²) in [6, 6.07) is 0. The Morgan fingerprint density at radius 1 is 1.44 bits per heavy atom. The van der Waals surface area contributed by atoms with E-state index in [-0.39, 0.29) is 12.5 Å². The van der Waals surface area contributed by atoms with Crippen LogP contribution in [0.4, 0.5) is 0 Å². The Morgan fingerprint density at radius 3 is 3.00 bits per heavy atom. The molecule has 5 heteroatoms. The van der Waals surface area contributed by atoms with E-state index in [1.165, 1.54) is 0 Å². The number of aliphatic hydroxyl groups is 1. The molecular formula is C13H21N3O2. The second kappa shape index (κ2) is 6.00. The minimum atomic E-state index is -0.0445. The molecule has 0 fully saturated rings. The number of carbonyl (C=O) groups is 1. The van der Waals surface area contributed by atoms with E-state index in [0.29, 0.717) is 18.8 Å². The van der Waals surface area contributed by atoms with E-state index in [4.69, 9.17) is 5.11 Å². The minimum absolute atomic E-state index is 0.00205. The van der Waals surface area contributed by atoms with E-state index in [0.717, 1.165) is 43.4 Å². The van der Waals surface area contributed by atoms with Crippen LogP contribution in [0.5, 0.6) is 0 Å². The summed E-state index contributed by atoms with van der Waals surface area (Å²) in [5.41, 5.74) is 2.75. The lowest BCUT2D eigenvalue weighted by Crippen LogP contribution is -2.35. The monoisotopic (exact) mass is 251 g/mol. The number of H-pyrrole nitrogens is 1. The summed E-state index contributed by atoms with van der Waals surface area (Å²) in [4.78, 5) is 14.1. The molecule has 0 aromatic carbocycles. The van der Waals surface area contributed by atoms with Crippen molar-refractivity contribution < 1.29 is 9.90 Å². The Bertz CT molecular complexity index is 414. The van der Waals surface area contributed by atoms with Crippen LogP contribution in [0.1, 0.15) is 47.9 Å². The minimum Gasteiger partial charge on any atom is -0.395 e. The Kier molecular flexibility index (Phi) is 4.36. The van der Waals surface area contributed by atoms with Gasteiger partial charge in [-0.1, -0.05) is 13.3 Å². The number of amides is 1. The van der Waals surface area contributed by atoms with Crippen molar-refractivity contribution >= 4 is 5.91 Å². The number of nitrogens with one attached hydrogen (secondary N) is 1. The van der Waals surface area contributed by atoms with Gasteiger partial charge in [-0.3, -0.25) is 9.89 Å². The van der Waals surface area contributed by atoms with Gasteiger partial charge >= 0.3 is 0 Å². The number of fused-ring (bicyclic) bond motifs is 1. The zero-order valence-electron chi connectivity index (χ0n) is 10.9. The second-order valence-corrected chi connectivity index (χ2v) is 4.75. The second-order valence-electron chi connectivity index (χ2n) is 4.75. The van der Waals surface area contributed by atoms with Crippen molar-refractivity contribution in [3.8, 4) is 0 Å². The van der Waals surface area contributed by atoms with Crippen LogP contribution < -0.4 is 0 Å². The summed E-state index contributed by atoms with van der Waals surface area (Å²) >= 11 is 0. The Labute approximate surface area is 107 Å². The third-order valence-electron chi connectivity index (χ3n) is 3.45. The molecule has 2 rings (SSSR count). The summed E-state index contributed by atoms with van der Waals surface area (Å²) in [6.07, 6.45) is 5.02. The molecule has 0 spiro atoms. The molecule has 0 saturated heterocycles. The standard InChI is InChI=1S/C13H21N3O2/c1-2-3-7-16(8-9-17)13(18)12-10-5-4-6-11(10)14-15-12/h17H,2-9H2,1H3,(H,14,15). The fourth-order valence-electron chi connectivity index (χ4n) is 2.43. The summed E-state index contributed by atoms with van der Waals surface area (Å²) in [5, 5.41) is 16.2. The van der Waals surface area contributed by atoms with Crippen molar-refractivity contribution in [1.82, 2.24) is 15.1 Å². The fraction of sp³-hybridized carbons (Fsp3) is 0.692.